The number of furan rings is 2. The van der Waals surface area contributed by atoms with Gasteiger partial charge in [-0.3, -0.25) is 9.69 Å². The predicted molar refractivity (Wildman–Crippen MR) is 126 cm³/mol. The molecule has 0 aliphatic carbocycles. The van der Waals surface area contributed by atoms with Crippen molar-refractivity contribution >= 4 is 27.0 Å². The van der Waals surface area contributed by atoms with Crippen LogP contribution in [0, 0.1) is 0 Å². The highest BCUT2D eigenvalue weighted by Gasteiger charge is 2.32. The molecular weight excluding hydrogens is 458 g/mol. The third-order valence-electron chi connectivity index (χ3n) is 6.71. The lowest BCUT2D eigenvalue weighted by molar-refractivity contribution is 0.101. The number of carbonyl (C=O) groups excluding carboxylic acids is 1. The molecule has 10 heteroatoms. The molecule has 4 heterocycles. The molecule has 2 aliphatic rings. The topological polar surface area (TPSA) is 107 Å². The molecule has 182 valence electrons. The molecule has 0 saturated carbocycles. The molecule has 0 spiro atoms. The maximum absolute atomic E-state index is 13.1. The van der Waals surface area contributed by atoms with Gasteiger partial charge in [0.15, 0.2) is 5.76 Å². The maximum Gasteiger partial charge on any atom is 0.282 e. The third kappa shape index (κ3) is 4.38. The largest absolute Gasteiger partial charge is 0.508 e. The molecule has 2 aliphatic heterocycles. The van der Waals surface area contributed by atoms with E-state index in [1.165, 1.54) is 12.5 Å². The zero-order chi connectivity index (χ0) is 23.7. The lowest BCUT2D eigenvalue weighted by Gasteiger charge is -2.31. The molecule has 5 rings (SSSR count). The number of rotatable bonds is 6. The quantitative estimate of drug-likeness (QED) is 0.532. The van der Waals surface area contributed by atoms with Crippen molar-refractivity contribution in [2.24, 2.45) is 0 Å². The van der Waals surface area contributed by atoms with E-state index in [0.29, 0.717) is 74.3 Å². The van der Waals surface area contributed by atoms with Crippen LogP contribution in [0.25, 0.3) is 11.0 Å². The number of phenolic OH excluding ortho intramolecular Hbond substituents is 1. The Bertz CT molecular complexity index is 1260. The molecule has 0 unspecified atom stereocenters. The van der Waals surface area contributed by atoms with Gasteiger partial charge in [-0.1, -0.05) is 6.42 Å². The number of piperidine rings is 1. The van der Waals surface area contributed by atoms with Gasteiger partial charge in [-0.2, -0.15) is 17.0 Å². The first-order valence-electron chi connectivity index (χ1n) is 11.7. The van der Waals surface area contributed by atoms with E-state index in [1.807, 2.05) is 0 Å². The van der Waals surface area contributed by atoms with Crippen LogP contribution in [-0.2, 0) is 16.8 Å². The fourth-order valence-electron chi connectivity index (χ4n) is 4.88. The summed E-state index contributed by atoms with van der Waals surface area (Å²) in [5.74, 6) is -0.0416. The Hall–Kier alpha value is -2.66. The fourth-order valence-corrected chi connectivity index (χ4v) is 6.59. The lowest BCUT2D eigenvalue weighted by atomic mass is 10.0. The van der Waals surface area contributed by atoms with Gasteiger partial charge in [-0.15, -0.1) is 0 Å². The van der Waals surface area contributed by atoms with E-state index in [0.717, 1.165) is 19.3 Å². The first-order chi connectivity index (χ1) is 16.4. The van der Waals surface area contributed by atoms with E-state index in [1.54, 1.807) is 32.9 Å². The maximum atomic E-state index is 13.1. The van der Waals surface area contributed by atoms with Crippen molar-refractivity contribution in [1.82, 2.24) is 13.5 Å². The monoisotopic (exact) mass is 487 g/mol. The summed E-state index contributed by atoms with van der Waals surface area (Å²) in [5, 5.41) is 11.3. The number of hydrogen-bond donors (Lipinski definition) is 1. The van der Waals surface area contributed by atoms with Gasteiger partial charge in [0, 0.05) is 50.2 Å². The Kier molecular flexibility index (Phi) is 6.48. The van der Waals surface area contributed by atoms with Crippen molar-refractivity contribution < 1.29 is 27.2 Å². The lowest BCUT2D eigenvalue weighted by Crippen LogP contribution is -2.47. The van der Waals surface area contributed by atoms with E-state index in [4.69, 9.17) is 8.83 Å². The summed E-state index contributed by atoms with van der Waals surface area (Å²) in [6, 6.07) is 6.44. The van der Waals surface area contributed by atoms with E-state index >= 15 is 0 Å². The second-order valence-electron chi connectivity index (χ2n) is 8.89. The van der Waals surface area contributed by atoms with Crippen molar-refractivity contribution in [3.63, 3.8) is 0 Å². The van der Waals surface area contributed by atoms with E-state index < -0.39 is 10.2 Å². The Labute approximate surface area is 198 Å². The van der Waals surface area contributed by atoms with Crippen LogP contribution in [0.5, 0.6) is 5.75 Å². The number of fused-ring (bicyclic) bond motifs is 1. The Morgan fingerprint density at radius 1 is 0.912 bits per heavy atom. The van der Waals surface area contributed by atoms with Crippen molar-refractivity contribution in [2.75, 3.05) is 39.3 Å². The summed E-state index contributed by atoms with van der Waals surface area (Å²) in [7, 11) is -3.46. The first kappa shape index (κ1) is 23.1. The fraction of sp³-hybridized carbons (Fsp3) is 0.458. The number of ketones is 1. The molecule has 0 radical (unpaired) electrons. The molecule has 34 heavy (non-hydrogen) atoms. The average Bonchev–Trinajstić information content (AvgIpc) is 3.47. The summed E-state index contributed by atoms with van der Waals surface area (Å²) < 4.78 is 40.3. The Morgan fingerprint density at radius 2 is 1.68 bits per heavy atom. The zero-order valence-corrected chi connectivity index (χ0v) is 19.8. The minimum atomic E-state index is -3.46. The van der Waals surface area contributed by atoms with Gasteiger partial charge in [0.1, 0.15) is 17.6 Å². The summed E-state index contributed by atoms with van der Waals surface area (Å²) in [6.07, 6.45) is 6.42. The van der Waals surface area contributed by atoms with Gasteiger partial charge >= 0.3 is 0 Å². The highest BCUT2D eigenvalue weighted by molar-refractivity contribution is 7.86. The molecular formula is C24H29N3O6S. The second kappa shape index (κ2) is 9.53. The molecule has 0 atom stereocenters. The van der Waals surface area contributed by atoms with Gasteiger partial charge in [0.25, 0.3) is 10.2 Å². The van der Waals surface area contributed by atoms with Gasteiger partial charge < -0.3 is 13.9 Å². The van der Waals surface area contributed by atoms with Crippen LogP contribution in [0.15, 0.2) is 45.6 Å². The normalized spacial score (nSPS) is 19.4. The van der Waals surface area contributed by atoms with Crippen LogP contribution >= 0.6 is 0 Å². The minimum absolute atomic E-state index is 0.0736. The van der Waals surface area contributed by atoms with Gasteiger partial charge in [-0.25, -0.2) is 0 Å². The number of nitrogens with zero attached hydrogens (tertiary/aromatic N) is 3. The van der Waals surface area contributed by atoms with Crippen LogP contribution in [-0.4, -0.2) is 72.1 Å². The summed E-state index contributed by atoms with van der Waals surface area (Å²) >= 11 is 0. The molecule has 0 bridgehead atoms. The van der Waals surface area contributed by atoms with E-state index in [9.17, 15) is 18.3 Å². The smallest absolute Gasteiger partial charge is 0.282 e. The predicted octanol–water partition coefficient (Wildman–Crippen LogP) is 3.20. The number of phenols is 1. The standard InChI is InChI=1S/C24H29N3O6S/c28-20-7-8-21-23(19(17-33-21)24(29)22-6-4-15-32-22)18(20)16-25-9-5-12-27(14-13-25)34(30,31)26-10-2-1-3-11-26/h4,6-8,15,17,28H,1-3,5,9-14,16H2. The van der Waals surface area contributed by atoms with Crippen molar-refractivity contribution in [3.8, 4) is 5.75 Å². The number of carbonyl (C=O) groups is 1. The number of aromatic hydroxyl groups is 1. The molecule has 9 nitrogen and oxygen atoms in total. The zero-order valence-electron chi connectivity index (χ0n) is 19.0. The summed E-state index contributed by atoms with van der Waals surface area (Å²) in [4.78, 5) is 15.1. The van der Waals surface area contributed by atoms with Crippen molar-refractivity contribution in [1.29, 1.82) is 0 Å². The highest BCUT2D eigenvalue weighted by atomic mass is 32.2. The molecule has 2 aromatic heterocycles. The molecule has 2 fully saturated rings. The molecule has 2 saturated heterocycles. The van der Waals surface area contributed by atoms with E-state index in [2.05, 4.69) is 4.90 Å². The summed E-state index contributed by atoms with van der Waals surface area (Å²) in [6.45, 7) is 3.62. The average molecular weight is 488 g/mol. The van der Waals surface area contributed by atoms with Crippen LogP contribution in [0.2, 0.25) is 0 Å². The highest BCUT2D eigenvalue weighted by Crippen LogP contribution is 2.34. The van der Waals surface area contributed by atoms with Gasteiger partial charge in [0.2, 0.25) is 5.78 Å². The van der Waals surface area contributed by atoms with Crippen LogP contribution in [0.4, 0.5) is 0 Å². The van der Waals surface area contributed by atoms with Crippen molar-refractivity contribution in [3.05, 3.63) is 53.7 Å². The molecule has 0 amide bonds. The third-order valence-corrected chi connectivity index (χ3v) is 8.74. The van der Waals surface area contributed by atoms with E-state index in [-0.39, 0.29) is 17.3 Å². The Balaban J connectivity index is 1.37. The molecule has 1 N–H and O–H groups in total. The number of hydrogen-bond acceptors (Lipinski definition) is 7. The SMILES string of the molecule is O=C(c1ccco1)c1coc2ccc(O)c(CN3CCCN(S(=O)(=O)N4CCCCC4)CC3)c12. The van der Waals surface area contributed by atoms with Crippen LogP contribution < -0.4 is 0 Å². The second-order valence-corrected chi connectivity index (χ2v) is 10.8. The molecule has 3 aromatic rings. The van der Waals surface area contributed by atoms with Gasteiger partial charge in [-0.05, 0) is 50.1 Å². The van der Waals surface area contributed by atoms with Crippen molar-refractivity contribution in [2.45, 2.75) is 32.2 Å². The first-order valence-corrected chi connectivity index (χ1v) is 13.1. The van der Waals surface area contributed by atoms with Gasteiger partial charge in [0.05, 0.1) is 11.8 Å². The summed E-state index contributed by atoms with van der Waals surface area (Å²) in [5.41, 5.74) is 1.43. The van der Waals surface area contributed by atoms with Crippen LogP contribution in [0.1, 0.15) is 47.4 Å². The Morgan fingerprint density at radius 3 is 2.44 bits per heavy atom. The number of benzene rings is 1. The van der Waals surface area contributed by atoms with Crippen LogP contribution in [0.3, 0.4) is 0 Å². The molecule has 1 aromatic carbocycles. The minimum Gasteiger partial charge on any atom is -0.508 e.